The third kappa shape index (κ3) is 1.49. The second-order valence-corrected chi connectivity index (χ2v) is 3.92. The topological polar surface area (TPSA) is 38.7 Å². The molecule has 0 aliphatic rings. The second kappa shape index (κ2) is 3.40. The number of nitrogens with zero attached hydrogens (tertiary/aromatic N) is 3. The van der Waals surface area contributed by atoms with E-state index in [1.165, 1.54) is 11.5 Å². The molecule has 0 aliphatic heterocycles. The van der Waals surface area contributed by atoms with Crippen LogP contribution in [0.4, 0.5) is 0 Å². The molecule has 15 heavy (non-hydrogen) atoms. The van der Waals surface area contributed by atoms with E-state index in [-0.39, 0.29) is 0 Å². The van der Waals surface area contributed by atoms with Crippen molar-refractivity contribution in [3.8, 4) is 10.7 Å². The van der Waals surface area contributed by atoms with Gasteiger partial charge in [0.25, 0.3) is 0 Å². The molecule has 0 saturated heterocycles. The van der Waals surface area contributed by atoms with Gasteiger partial charge in [-0.3, -0.25) is 0 Å². The number of para-hydroxylation sites is 1. The summed E-state index contributed by atoms with van der Waals surface area (Å²) in [5.41, 5.74) is 1.88. The summed E-state index contributed by atoms with van der Waals surface area (Å²) in [4.78, 5) is 8.66. The Kier molecular flexibility index (Phi) is 1.93. The van der Waals surface area contributed by atoms with Crippen LogP contribution in [0.5, 0.6) is 0 Å². The van der Waals surface area contributed by atoms with E-state index in [4.69, 9.17) is 0 Å². The molecule has 3 aromatic rings. The maximum atomic E-state index is 4.53. The van der Waals surface area contributed by atoms with Gasteiger partial charge in [0.1, 0.15) is 12.0 Å². The number of hydrogen-bond donors (Lipinski definition) is 0. The van der Waals surface area contributed by atoms with Gasteiger partial charge >= 0.3 is 0 Å². The van der Waals surface area contributed by atoms with Gasteiger partial charge in [0.2, 0.25) is 0 Å². The minimum Gasteiger partial charge on any atom is -0.245 e. The van der Waals surface area contributed by atoms with Gasteiger partial charge in [-0.2, -0.15) is 4.37 Å². The third-order valence-corrected chi connectivity index (χ3v) is 2.87. The fraction of sp³-hybridized carbons (Fsp3) is 0. The summed E-state index contributed by atoms with van der Waals surface area (Å²) < 4.78 is 3.97. The summed E-state index contributed by atoms with van der Waals surface area (Å²) in [6.45, 7) is 0. The Balaban J connectivity index is 2.22. The first kappa shape index (κ1) is 8.49. The number of benzene rings is 1. The lowest BCUT2D eigenvalue weighted by molar-refractivity contribution is 1.30. The van der Waals surface area contributed by atoms with Gasteiger partial charge < -0.3 is 0 Å². The molecular formula is C11H7N3S. The lowest BCUT2D eigenvalue weighted by Gasteiger charge is -1.98. The van der Waals surface area contributed by atoms with Crippen molar-refractivity contribution >= 4 is 22.4 Å². The van der Waals surface area contributed by atoms with Crippen molar-refractivity contribution in [2.45, 2.75) is 0 Å². The maximum Gasteiger partial charge on any atom is 0.162 e. The lowest BCUT2D eigenvalue weighted by Crippen LogP contribution is -1.83. The number of fused-ring (bicyclic) bond motifs is 1. The molecule has 3 rings (SSSR count). The average molecular weight is 213 g/mol. The number of rotatable bonds is 1. The number of hydrogen-bond acceptors (Lipinski definition) is 4. The van der Waals surface area contributed by atoms with E-state index >= 15 is 0 Å². The highest BCUT2D eigenvalue weighted by molar-refractivity contribution is 7.09. The molecule has 0 radical (unpaired) electrons. The van der Waals surface area contributed by atoms with Crippen molar-refractivity contribution in [2.24, 2.45) is 0 Å². The molecule has 0 unspecified atom stereocenters. The Hall–Kier alpha value is -1.81. The largest absolute Gasteiger partial charge is 0.245 e. The van der Waals surface area contributed by atoms with Crippen molar-refractivity contribution in [3.05, 3.63) is 42.7 Å². The zero-order chi connectivity index (χ0) is 10.1. The molecule has 0 saturated carbocycles. The van der Waals surface area contributed by atoms with Crippen LogP contribution in [0, 0.1) is 0 Å². The highest BCUT2D eigenvalue weighted by atomic mass is 32.1. The molecule has 2 aromatic heterocycles. The first-order valence-electron chi connectivity index (χ1n) is 4.56. The highest BCUT2D eigenvalue weighted by Crippen LogP contribution is 2.20. The van der Waals surface area contributed by atoms with Crippen molar-refractivity contribution in [1.29, 1.82) is 0 Å². The zero-order valence-electron chi connectivity index (χ0n) is 7.79. The fourth-order valence-electron chi connectivity index (χ4n) is 1.47. The first-order chi connectivity index (χ1) is 7.43. The van der Waals surface area contributed by atoms with Gasteiger partial charge in [-0.1, -0.05) is 24.3 Å². The standard InChI is InChI=1S/C11H7N3S/c1-2-4-9-8(3-1)5-6-10(14-9)11-12-7-13-15-11/h1-7H. The smallest absolute Gasteiger partial charge is 0.162 e. The van der Waals surface area contributed by atoms with E-state index < -0.39 is 0 Å². The summed E-state index contributed by atoms with van der Waals surface area (Å²) >= 11 is 1.36. The van der Waals surface area contributed by atoms with Gasteiger partial charge in [-0.15, -0.1) is 0 Å². The zero-order valence-corrected chi connectivity index (χ0v) is 8.61. The van der Waals surface area contributed by atoms with Gasteiger partial charge in [0.05, 0.1) is 5.52 Å². The fourth-order valence-corrected chi connectivity index (χ4v) is 1.97. The van der Waals surface area contributed by atoms with Crippen molar-refractivity contribution < 1.29 is 0 Å². The molecule has 72 valence electrons. The summed E-state index contributed by atoms with van der Waals surface area (Å²) in [5, 5.41) is 2.01. The Labute approximate surface area is 90.6 Å². The summed E-state index contributed by atoms with van der Waals surface area (Å²) in [7, 11) is 0. The summed E-state index contributed by atoms with van der Waals surface area (Å²) in [5.74, 6) is 0. The molecule has 0 atom stereocenters. The van der Waals surface area contributed by atoms with Crippen molar-refractivity contribution in [1.82, 2.24) is 14.3 Å². The van der Waals surface area contributed by atoms with Crippen LogP contribution in [0.2, 0.25) is 0 Å². The molecular weight excluding hydrogens is 206 g/mol. The number of aromatic nitrogens is 3. The molecule has 3 nitrogen and oxygen atoms in total. The van der Waals surface area contributed by atoms with Crippen LogP contribution < -0.4 is 0 Å². The molecule has 0 fully saturated rings. The van der Waals surface area contributed by atoms with Crippen LogP contribution in [-0.4, -0.2) is 14.3 Å². The Morgan fingerprint density at radius 1 is 1.00 bits per heavy atom. The predicted octanol–water partition coefficient (Wildman–Crippen LogP) is 2.75. The van der Waals surface area contributed by atoms with E-state index in [0.29, 0.717) is 0 Å². The molecule has 0 amide bonds. The van der Waals surface area contributed by atoms with E-state index in [9.17, 15) is 0 Å². The molecule has 2 heterocycles. The Morgan fingerprint density at radius 2 is 1.93 bits per heavy atom. The Morgan fingerprint density at radius 3 is 2.80 bits per heavy atom. The highest BCUT2D eigenvalue weighted by Gasteiger charge is 2.03. The van der Waals surface area contributed by atoms with E-state index in [1.807, 2.05) is 30.3 Å². The molecule has 0 aliphatic carbocycles. The van der Waals surface area contributed by atoms with Crippen molar-refractivity contribution in [3.63, 3.8) is 0 Å². The molecule has 1 aromatic carbocycles. The summed E-state index contributed by atoms with van der Waals surface area (Å²) in [6, 6.07) is 12.1. The monoisotopic (exact) mass is 213 g/mol. The second-order valence-electron chi connectivity index (χ2n) is 3.14. The van der Waals surface area contributed by atoms with E-state index in [0.717, 1.165) is 21.6 Å². The quantitative estimate of drug-likeness (QED) is 0.624. The normalized spacial score (nSPS) is 10.7. The SMILES string of the molecule is c1ccc2nc(-c3ncns3)ccc2c1. The third-order valence-electron chi connectivity index (χ3n) is 2.18. The van der Waals surface area contributed by atoms with Crippen LogP contribution in [0.3, 0.4) is 0 Å². The van der Waals surface area contributed by atoms with Crippen LogP contribution in [0.15, 0.2) is 42.7 Å². The Bertz CT molecular complexity index is 590. The van der Waals surface area contributed by atoms with Crippen LogP contribution in [0.25, 0.3) is 21.6 Å². The molecule has 0 N–H and O–H groups in total. The molecule has 4 heteroatoms. The van der Waals surface area contributed by atoms with Gasteiger partial charge in [0, 0.05) is 5.39 Å². The lowest BCUT2D eigenvalue weighted by atomic mass is 10.2. The van der Waals surface area contributed by atoms with E-state index in [2.05, 4.69) is 20.4 Å². The predicted molar refractivity (Wildman–Crippen MR) is 60.6 cm³/mol. The van der Waals surface area contributed by atoms with Crippen molar-refractivity contribution in [2.75, 3.05) is 0 Å². The first-order valence-corrected chi connectivity index (χ1v) is 5.34. The summed E-state index contributed by atoms with van der Waals surface area (Å²) in [6.07, 6.45) is 1.55. The van der Waals surface area contributed by atoms with Gasteiger partial charge in [-0.25, -0.2) is 9.97 Å². The minimum absolute atomic E-state index is 0.862. The average Bonchev–Trinajstić information content (AvgIpc) is 2.82. The van der Waals surface area contributed by atoms with Crippen LogP contribution in [0.1, 0.15) is 0 Å². The molecule has 0 spiro atoms. The van der Waals surface area contributed by atoms with E-state index in [1.54, 1.807) is 6.33 Å². The minimum atomic E-state index is 0.862. The number of pyridine rings is 1. The molecule has 0 bridgehead atoms. The van der Waals surface area contributed by atoms with Gasteiger partial charge in [-0.05, 0) is 23.7 Å². The maximum absolute atomic E-state index is 4.53. The van der Waals surface area contributed by atoms with Crippen LogP contribution in [-0.2, 0) is 0 Å². The van der Waals surface area contributed by atoms with Crippen LogP contribution >= 0.6 is 11.5 Å². The van der Waals surface area contributed by atoms with Gasteiger partial charge in [0.15, 0.2) is 5.01 Å².